The van der Waals surface area contributed by atoms with Crippen molar-refractivity contribution in [1.82, 2.24) is 15.2 Å². The van der Waals surface area contributed by atoms with Gasteiger partial charge in [-0.1, -0.05) is 6.07 Å². The van der Waals surface area contributed by atoms with Crippen molar-refractivity contribution >= 4 is 12.0 Å². The van der Waals surface area contributed by atoms with E-state index in [9.17, 15) is 4.79 Å². The van der Waals surface area contributed by atoms with Crippen LogP contribution in [-0.2, 0) is 6.42 Å². The number of nitrogens with two attached hydrogens (primary N) is 1. The number of nitrogens with one attached hydrogen (secondary N) is 1. The lowest BCUT2D eigenvalue weighted by atomic mass is 10.2. The van der Waals surface area contributed by atoms with Gasteiger partial charge in [0, 0.05) is 37.9 Å². The van der Waals surface area contributed by atoms with Gasteiger partial charge in [-0.2, -0.15) is 4.99 Å². The second-order valence-corrected chi connectivity index (χ2v) is 4.91. The predicted octanol–water partition coefficient (Wildman–Crippen LogP) is 1.05. The van der Waals surface area contributed by atoms with Crippen molar-refractivity contribution in [3.63, 3.8) is 0 Å². The highest BCUT2D eigenvalue weighted by Crippen LogP contribution is 2.06. The summed E-state index contributed by atoms with van der Waals surface area (Å²) in [6.45, 7) is 4.28. The van der Waals surface area contributed by atoms with Crippen molar-refractivity contribution in [3.8, 4) is 0 Å². The third-order valence-corrected chi connectivity index (χ3v) is 3.40. The quantitative estimate of drug-likeness (QED) is 0.638. The number of nitrogens with zero attached hydrogens (tertiary/aromatic N) is 3. The molecule has 0 atom stereocenters. The number of urea groups is 1. The lowest BCUT2D eigenvalue weighted by Crippen LogP contribution is -2.37. The van der Waals surface area contributed by atoms with Crippen molar-refractivity contribution in [2.75, 3.05) is 19.6 Å². The van der Waals surface area contributed by atoms with Gasteiger partial charge in [0.05, 0.1) is 0 Å². The smallest absolute Gasteiger partial charge is 0.344 e. The first-order valence-electron chi connectivity index (χ1n) is 6.94. The van der Waals surface area contributed by atoms with Crippen LogP contribution < -0.4 is 11.1 Å². The van der Waals surface area contributed by atoms with E-state index in [0.29, 0.717) is 18.9 Å². The summed E-state index contributed by atoms with van der Waals surface area (Å²) in [6.07, 6.45) is 4.67. The fourth-order valence-electron chi connectivity index (χ4n) is 2.23. The van der Waals surface area contributed by atoms with Gasteiger partial charge in [-0.05, 0) is 31.4 Å². The molecular weight excluding hydrogens is 254 g/mol. The molecule has 0 spiro atoms. The number of likely N-dealkylation sites (tertiary alicyclic amines) is 1. The van der Waals surface area contributed by atoms with Crippen molar-refractivity contribution < 1.29 is 4.79 Å². The molecule has 0 bridgehead atoms. The maximum absolute atomic E-state index is 11.7. The summed E-state index contributed by atoms with van der Waals surface area (Å²) in [7, 11) is 0. The van der Waals surface area contributed by atoms with Crippen LogP contribution in [0.5, 0.6) is 0 Å². The van der Waals surface area contributed by atoms with Crippen LogP contribution >= 0.6 is 0 Å². The number of carbonyl (C=O) groups excluding carboxylic acids is 1. The number of hydrogen-bond acceptors (Lipinski definition) is 2. The summed E-state index contributed by atoms with van der Waals surface area (Å²) in [5.41, 5.74) is 7.91. The van der Waals surface area contributed by atoms with Gasteiger partial charge in [0.25, 0.3) is 0 Å². The number of pyridine rings is 1. The molecule has 1 aliphatic rings. The highest BCUT2D eigenvalue weighted by Gasteiger charge is 2.14. The second kappa shape index (κ2) is 6.88. The van der Waals surface area contributed by atoms with Gasteiger partial charge in [-0.25, -0.2) is 4.79 Å². The molecule has 0 aliphatic carbocycles. The van der Waals surface area contributed by atoms with Crippen LogP contribution in [0.1, 0.15) is 24.1 Å². The van der Waals surface area contributed by atoms with E-state index in [2.05, 4.69) is 15.3 Å². The molecule has 20 heavy (non-hydrogen) atoms. The van der Waals surface area contributed by atoms with Gasteiger partial charge < -0.3 is 16.0 Å². The van der Waals surface area contributed by atoms with Gasteiger partial charge in [0.1, 0.15) is 0 Å². The Morgan fingerprint density at radius 3 is 2.95 bits per heavy atom. The lowest BCUT2D eigenvalue weighted by Gasteiger charge is -2.15. The molecule has 1 aliphatic heterocycles. The van der Waals surface area contributed by atoms with E-state index < -0.39 is 0 Å². The Balaban J connectivity index is 1.78. The molecule has 2 rings (SSSR count). The molecule has 1 fully saturated rings. The van der Waals surface area contributed by atoms with Crippen LogP contribution in [0.15, 0.2) is 23.3 Å². The fraction of sp³-hybridized carbons (Fsp3) is 0.500. The molecule has 0 aromatic carbocycles. The van der Waals surface area contributed by atoms with Gasteiger partial charge in [0.2, 0.25) is 5.96 Å². The van der Waals surface area contributed by atoms with Gasteiger partial charge in [-0.15, -0.1) is 0 Å². The molecule has 1 aromatic rings. The molecule has 2 heterocycles. The molecule has 1 saturated heterocycles. The molecule has 0 saturated carbocycles. The van der Waals surface area contributed by atoms with Gasteiger partial charge in [-0.3, -0.25) is 4.98 Å². The Morgan fingerprint density at radius 1 is 1.50 bits per heavy atom. The molecule has 3 N–H and O–H groups in total. The van der Waals surface area contributed by atoms with E-state index in [0.717, 1.165) is 37.2 Å². The molecule has 6 heteroatoms. The monoisotopic (exact) mass is 275 g/mol. The van der Waals surface area contributed by atoms with E-state index in [1.165, 1.54) is 0 Å². The zero-order valence-electron chi connectivity index (χ0n) is 11.8. The van der Waals surface area contributed by atoms with Crippen LogP contribution in [0.3, 0.4) is 0 Å². The number of carbonyl (C=O) groups is 1. The highest BCUT2D eigenvalue weighted by molar-refractivity contribution is 5.91. The topological polar surface area (TPSA) is 83.6 Å². The van der Waals surface area contributed by atoms with E-state index in [-0.39, 0.29) is 6.03 Å². The molecule has 0 radical (unpaired) electrons. The number of aryl methyl sites for hydroxylation is 1. The largest absolute Gasteiger partial charge is 0.369 e. The third-order valence-electron chi connectivity index (χ3n) is 3.40. The SMILES string of the molecule is Cc1cccnc1CCNC(=O)N=C(N)N1CCCC1. The lowest BCUT2D eigenvalue weighted by molar-refractivity contribution is 0.249. The summed E-state index contributed by atoms with van der Waals surface area (Å²) < 4.78 is 0. The average Bonchev–Trinajstić information content (AvgIpc) is 2.95. The Morgan fingerprint density at radius 2 is 2.25 bits per heavy atom. The van der Waals surface area contributed by atoms with Crippen LogP contribution in [0.2, 0.25) is 0 Å². The van der Waals surface area contributed by atoms with Crippen molar-refractivity contribution in [3.05, 3.63) is 29.6 Å². The van der Waals surface area contributed by atoms with Crippen molar-refractivity contribution in [2.45, 2.75) is 26.2 Å². The number of amides is 2. The molecular formula is C14H21N5O. The van der Waals surface area contributed by atoms with Gasteiger partial charge in [0.15, 0.2) is 0 Å². The average molecular weight is 275 g/mol. The number of aliphatic imine (C=N–C) groups is 1. The van der Waals surface area contributed by atoms with E-state index in [1.54, 1.807) is 6.20 Å². The summed E-state index contributed by atoms with van der Waals surface area (Å²) in [6, 6.07) is 3.52. The minimum atomic E-state index is -0.386. The van der Waals surface area contributed by atoms with Crippen LogP contribution in [0, 0.1) is 6.92 Å². The summed E-state index contributed by atoms with van der Waals surface area (Å²) in [5.74, 6) is 0.314. The molecule has 0 unspecified atom stereocenters. The molecule has 1 aromatic heterocycles. The summed E-state index contributed by atoms with van der Waals surface area (Å²) >= 11 is 0. The second-order valence-electron chi connectivity index (χ2n) is 4.91. The number of rotatable bonds is 3. The molecule has 6 nitrogen and oxygen atoms in total. The van der Waals surface area contributed by atoms with Crippen LogP contribution in [0.4, 0.5) is 4.79 Å². The Labute approximate surface area is 119 Å². The predicted molar refractivity (Wildman–Crippen MR) is 78.5 cm³/mol. The first kappa shape index (κ1) is 14.3. The van der Waals surface area contributed by atoms with Crippen molar-refractivity contribution in [1.29, 1.82) is 0 Å². The maximum Gasteiger partial charge on any atom is 0.344 e. The van der Waals surface area contributed by atoms with E-state index >= 15 is 0 Å². The van der Waals surface area contributed by atoms with E-state index in [1.807, 2.05) is 24.0 Å². The Kier molecular flexibility index (Phi) is 4.92. The standard InChI is InChI=1S/C14H21N5O/c1-11-5-4-7-16-12(11)6-8-17-14(20)18-13(15)19-9-2-3-10-19/h4-5,7H,2-3,6,8-10H2,1H3,(H3,15,17,18,20). The summed E-state index contributed by atoms with van der Waals surface area (Å²) in [5, 5.41) is 2.74. The maximum atomic E-state index is 11.7. The number of hydrogen-bond donors (Lipinski definition) is 2. The normalized spacial score (nSPS) is 15.4. The van der Waals surface area contributed by atoms with Crippen LogP contribution in [-0.4, -0.2) is 41.5 Å². The third kappa shape index (κ3) is 3.94. The minimum Gasteiger partial charge on any atom is -0.369 e. The summed E-state index contributed by atoms with van der Waals surface area (Å²) in [4.78, 5) is 21.7. The minimum absolute atomic E-state index is 0.314. The fourth-order valence-corrected chi connectivity index (χ4v) is 2.23. The first-order valence-corrected chi connectivity index (χ1v) is 6.94. The zero-order valence-corrected chi connectivity index (χ0v) is 11.8. The zero-order chi connectivity index (χ0) is 14.4. The number of guanidine groups is 1. The number of aromatic nitrogens is 1. The first-order chi connectivity index (χ1) is 9.66. The van der Waals surface area contributed by atoms with E-state index in [4.69, 9.17) is 5.73 Å². The Hall–Kier alpha value is -2.11. The molecule has 2 amide bonds. The Bertz CT molecular complexity index is 494. The molecule has 108 valence electrons. The van der Waals surface area contributed by atoms with Gasteiger partial charge >= 0.3 is 6.03 Å². The van der Waals surface area contributed by atoms with Crippen LogP contribution in [0.25, 0.3) is 0 Å². The van der Waals surface area contributed by atoms with Crippen molar-refractivity contribution in [2.24, 2.45) is 10.7 Å². The highest BCUT2D eigenvalue weighted by atomic mass is 16.2.